The maximum Gasteiger partial charge on any atom is 0.107 e. The van der Waals surface area contributed by atoms with Crippen LogP contribution in [0.15, 0.2) is 0 Å². The summed E-state index contributed by atoms with van der Waals surface area (Å²) in [6.07, 6.45) is 4.31. The van der Waals surface area contributed by atoms with Crippen LogP contribution in [0.3, 0.4) is 0 Å². The first-order valence-corrected chi connectivity index (χ1v) is 4.75. The topological polar surface area (TPSA) is 21.3 Å². The van der Waals surface area contributed by atoms with Gasteiger partial charge in [-0.1, -0.05) is 6.92 Å². The van der Waals surface area contributed by atoms with Crippen molar-refractivity contribution in [2.75, 3.05) is 13.2 Å². The molecule has 1 heterocycles. The van der Waals surface area contributed by atoms with Crippen LogP contribution in [0.4, 0.5) is 0 Å². The zero-order valence-electron chi connectivity index (χ0n) is 7.18. The smallest absolute Gasteiger partial charge is 0.107 e. The molecule has 2 aliphatic rings. The molecule has 2 nitrogen and oxygen atoms in total. The largest absolute Gasteiger partial charge is 0.363 e. The lowest BCUT2D eigenvalue weighted by Crippen LogP contribution is -2.43. The third-order valence-electron chi connectivity index (χ3n) is 2.78. The van der Waals surface area contributed by atoms with E-state index in [0.29, 0.717) is 6.23 Å². The molecule has 2 atom stereocenters. The predicted molar refractivity (Wildman–Crippen MR) is 44.2 cm³/mol. The third kappa shape index (κ3) is 1.74. The van der Waals surface area contributed by atoms with Gasteiger partial charge in [0, 0.05) is 6.54 Å². The monoisotopic (exact) mass is 155 g/mol. The molecule has 1 aliphatic carbocycles. The van der Waals surface area contributed by atoms with Crippen LogP contribution in [0.5, 0.6) is 0 Å². The van der Waals surface area contributed by atoms with Gasteiger partial charge in [0.1, 0.15) is 6.23 Å². The lowest BCUT2D eigenvalue weighted by molar-refractivity contribution is -0.0345. The maximum absolute atomic E-state index is 5.63. The summed E-state index contributed by atoms with van der Waals surface area (Å²) in [6, 6.07) is 0. The number of hydrogen-bond acceptors (Lipinski definition) is 2. The second kappa shape index (κ2) is 3.11. The average molecular weight is 155 g/mol. The van der Waals surface area contributed by atoms with E-state index in [-0.39, 0.29) is 0 Å². The summed E-state index contributed by atoms with van der Waals surface area (Å²) >= 11 is 0. The van der Waals surface area contributed by atoms with Gasteiger partial charge in [-0.25, -0.2) is 0 Å². The summed E-state index contributed by atoms with van der Waals surface area (Å²) in [5.41, 5.74) is 0. The van der Waals surface area contributed by atoms with Gasteiger partial charge in [-0.05, 0) is 31.1 Å². The first kappa shape index (κ1) is 7.56. The summed E-state index contributed by atoms with van der Waals surface area (Å²) in [7, 11) is 0. The third-order valence-corrected chi connectivity index (χ3v) is 2.78. The highest BCUT2D eigenvalue weighted by molar-refractivity contribution is 4.84. The van der Waals surface area contributed by atoms with Crippen molar-refractivity contribution in [1.82, 2.24) is 5.32 Å². The Morgan fingerprint density at radius 1 is 1.36 bits per heavy atom. The van der Waals surface area contributed by atoms with Gasteiger partial charge in [-0.3, -0.25) is 5.32 Å². The fourth-order valence-electron chi connectivity index (χ4n) is 1.77. The molecule has 0 aromatic rings. The highest BCUT2D eigenvalue weighted by Crippen LogP contribution is 2.37. The predicted octanol–water partition coefficient (Wildman–Crippen LogP) is 1.37. The van der Waals surface area contributed by atoms with E-state index in [1.165, 1.54) is 19.4 Å². The molecule has 0 amide bonds. The van der Waals surface area contributed by atoms with Crippen molar-refractivity contribution in [3.63, 3.8) is 0 Å². The molecule has 2 heteroatoms. The Kier molecular flexibility index (Phi) is 2.14. The fourth-order valence-corrected chi connectivity index (χ4v) is 1.77. The molecule has 2 unspecified atom stereocenters. The van der Waals surface area contributed by atoms with Crippen molar-refractivity contribution in [2.24, 2.45) is 11.8 Å². The first-order chi connectivity index (χ1) is 5.40. The summed E-state index contributed by atoms with van der Waals surface area (Å²) in [4.78, 5) is 0. The molecule has 11 heavy (non-hydrogen) atoms. The minimum Gasteiger partial charge on any atom is -0.363 e. The van der Waals surface area contributed by atoms with E-state index in [0.717, 1.165) is 24.9 Å². The molecule has 0 aromatic carbocycles. The molecule has 0 bridgehead atoms. The van der Waals surface area contributed by atoms with Gasteiger partial charge >= 0.3 is 0 Å². The molecule has 2 fully saturated rings. The normalized spacial score (nSPS) is 39.0. The molecule has 64 valence electrons. The van der Waals surface area contributed by atoms with E-state index in [1.807, 2.05) is 0 Å². The molecule has 1 saturated heterocycles. The van der Waals surface area contributed by atoms with Crippen LogP contribution < -0.4 is 5.32 Å². The van der Waals surface area contributed by atoms with E-state index in [1.54, 1.807) is 0 Å². The van der Waals surface area contributed by atoms with Gasteiger partial charge in [-0.15, -0.1) is 0 Å². The van der Waals surface area contributed by atoms with Crippen molar-refractivity contribution in [3.05, 3.63) is 0 Å². The van der Waals surface area contributed by atoms with Gasteiger partial charge in [-0.2, -0.15) is 0 Å². The van der Waals surface area contributed by atoms with Crippen LogP contribution in [-0.2, 0) is 4.74 Å². The minimum atomic E-state index is 0.338. The van der Waals surface area contributed by atoms with Crippen molar-refractivity contribution < 1.29 is 4.74 Å². The molecule has 1 saturated carbocycles. The van der Waals surface area contributed by atoms with Crippen LogP contribution in [0.25, 0.3) is 0 Å². The standard InChI is InChI=1S/C9H17NO/c1-2-9-10-5-8(6-11-9)7-3-4-7/h7-10H,2-6H2,1H3. The van der Waals surface area contributed by atoms with Gasteiger partial charge in [0.25, 0.3) is 0 Å². The number of ether oxygens (including phenoxy) is 1. The van der Waals surface area contributed by atoms with Crippen LogP contribution in [-0.4, -0.2) is 19.4 Å². The van der Waals surface area contributed by atoms with E-state index >= 15 is 0 Å². The zero-order valence-corrected chi connectivity index (χ0v) is 7.18. The number of rotatable bonds is 2. The van der Waals surface area contributed by atoms with Gasteiger partial charge in [0.05, 0.1) is 6.61 Å². The Morgan fingerprint density at radius 3 is 2.64 bits per heavy atom. The number of hydrogen-bond donors (Lipinski definition) is 1. The molecule has 0 radical (unpaired) electrons. The Hall–Kier alpha value is -0.0800. The van der Waals surface area contributed by atoms with E-state index in [2.05, 4.69) is 12.2 Å². The van der Waals surface area contributed by atoms with Crippen LogP contribution in [0.1, 0.15) is 26.2 Å². The lowest BCUT2D eigenvalue weighted by atomic mass is 10.0. The quantitative estimate of drug-likeness (QED) is 0.650. The van der Waals surface area contributed by atoms with Crippen molar-refractivity contribution >= 4 is 0 Å². The van der Waals surface area contributed by atoms with Crippen molar-refractivity contribution in [2.45, 2.75) is 32.4 Å². The fraction of sp³-hybridized carbons (Fsp3) is 1.00. The van der Waals surface area contributed by atoms with Crippen LogP contribution in [0, 0.1) is 11.8 Å². The highest BCUT2D eigenvalue weighted by Gasteiger charge is 2.33. The molecule has 1 aliphatic heterocycles. The van der Waals surface area contributed by atoms with Gasteiger partial charge < -0.3 is 4.74 Å². The van der Waals surface area contributed by atoms with Crippen molar-refractivity contribution in [1.29, 1.82) is 0 Å². The Balaban J connectivity index is 1.75. The molecule has 0 spiro atoms. The van der Waals surface area contributed by atoms with Gasteiger partial charge in [0.15, 0.2) is 0 Å². The second-order valence-corrected chi connectivity index (χ2v) is 3.74. The zero-order chi connectivity index (χ0) is 7.68. The minimum absolute atomic E-state index is 0.338. The summed E-state index contributed by atoms with van der Waals surface area (Å²) < 4.78 is 5.63. The molecular weight excluding hydrogens is 138 g/mol. The summed E-state index contributed by atoms with van der Waals surface area (Å²) in [6.45, 7) is 4.34. The number of nitrogens with one attached hydrogen (secondary N) is 1. The Bertz CT molecular complexity index is 126. The first-order valence-electron chi connectivity index (χ1n) is 4.75. The second-order valence-electron chi connectivity index (χ2n) is 3.74. The van der Waals surface area contributed by atoms with E-state index in [9.17, 15) is 0 Å². The van der Waals surface area contributed by atoms with Crippen molar-refractivity contribution in [3.8, 4) is 0 Å². The SMILES string of the molecule is CCC1NCC(C2CC2)CO1. The van der Waals surface area contributed by atoms with E-state index in [4.69, 9.17) is 4.74 Å². The van der Waals surface area contributed by atoms with Crippen LogP contribution in [0.2, 0.25) is 0 Å². The highest BCUT2D eigenvalue weighted by atomic mass is 16.5. The maximum atomic E-state index is 5.63. The molecule has 1 N–H and O–H groups in total. The van der Waals surface area contributed by atoms with Crippen LogP contribution >= 0.6 is 0 Å². The Morgan fingerprint density at radius 2 is 2.18 bits per heavy atom. The lowest BCUT2D eigenvalue weighted by Gasteiger charge is -2.29. The van der Waals surface area contributed by atoms with Gasteiger partial charge in [0.2, 0.25) is 0 Å². The Labute approximate surface area is 68.3 Å². The molecule has 2 rings (SSSR count). The molecule has 0 aromatic heterocycles. The summed E-state index contributed by atoms with van der Waals surface area (Å²) in [5.74, 6) is 1.80. The average Bonchev–Trinajstić information content (AvgIpc) is 2.87. The summed E-state index contributed by atoms with van der Waals surface area (Å²) in [5, 5.41) is 3.42. The molecular formula is C9H17NO. The van der Waals surface area contributed by atoms with E-state index < -0.39 is 0 Å².